The SMILES string of the molecule is CSc1nc2ccc(NCc3cc(C#N)n(C)c3)cc2s1. The number of aryl methyl sites for hydroxylation is 1. The summed E-state index contributed by atoms with van der Waals surface area (Å²) in [6.45, 7) is 0.704. The number of nitrogens with one attached hydrogen (secondary N) is 1. The molecule has 0 spiro atoms. The number of nitriles is 1. The summed E-state index contributed by atoms with van der Waals surface area (Å²) in [6.07, 6.45) is 4.02. The normalized spacial score (nSPS) is 10.7. The topological polar surface area (TPSA) is 53.6 Å². The Bertz CT molecular complexity index is 826. The fourth-order valence-corrected chi connectivity index (χ4v) is 3.67. The standard InChI is InChI=1S/C15H14N4S2/c1-19-9-10(5-12(19)7-16)8-17-11-3-4-13-14(6-11)21-15(18-13)20-2/h3-6,9,17H,8H2,1-2H3. The predicted molar refractivity (Wildman–Crippen MR) is 88.9 cm³/mol. The van der Waals surface area contributed by atoms with Gasteiger partial charge in [0.15, 0.2) is 4.34 Å². The predicted octanol–water partition coefficient (Wildman–Crippen LogP) is 3.84. The molecule has 6 heteroatoms. The number of hydrogen-bond acceptors (Lipinski definition) is 5. The number of nitrogens with zero attached hydrogens (tertiary/aromatic N) is 3. The Balaban J connectivity index is 1.76. The molecule has 106 valence electrons. The lowest BCUT2D eigenvalue weighted by molar-refractivity contribution is 0.902. The lowest BCUT2D eigenvalue weighted by Gasteiger charge is -2.04. The molecule has 3 aromatic rings. The number of benzene rings is 1. The summed E-state index contributed by atoms with van der Waals surface area (Å²) < 4.78 is 4.12. The second kappa shape index (κ2) is 5.80. The second-order valence-electron chi connectivity index (χ2n) is 4.68. The van der Waals surface area contributed by atoms with Crippen LogP contribution in [0, 0.1) is 11.3 Å². The van der Waals surface area contributed by atoms with Crippen molar-refractivity contribution in [2.75, 3.05) is 11.6 Å². The van der Waals surface area contributed by atoms with Crippen LogP contribution in [0.5, 0.6) is 0 Å². The van der Waals surface area contributed by atoms with E-state index in [1.54, 1.807) is 23.1 Å². The van der Waals surface area contributed by atoms with Crippen molar-refractivity contribution in [1.82, 2.24) is 9.55 Å². The van der Waals surface area contributed by atoms with E-state index < -0.39 is 0 Å². The number of thiazole rings is 1. The van der Waals surface area contributed by atoms with E-state index in [9.17, 15) is 0 Å². The summed E-state index contributed by atoms with van der Waals surface area (Å²) >= 11 is 3.38. The molecule has 0 aliphatic heterocycles. The van der Waals surface area contributed by atoms with Crippen molar-refractivity contribution in [2.45, 2.75) is 10.9 Å². The first-order chi connectivity index (χ1) is 10.2. The highest BCUT2D eigenvalue weighted by molar-refractivity contribution is 8.00. The Kier molecular flexibility index (Phi) is 3.86. The van der Waals surface area contributed by atoms with Crippen molar-refractivity contribution in [3.05, 3.63) is 41.7 Å². The zero-order chi connectivity index (χ0) is 14.8. The zero-order valence-corrected chi connectivity index (χ0v) is 13.4. The maximum atomic E-state index is 8.96. The van der Waals surface area contributed by atoms with Crippen LogP contribution in [-0.2, 0) is 13.6 Å². The third-order valence-electron chi connectivity index (χ3n) is 3.22. The molecule has 0 radical (unpaired) electrons. The molecular formula is C15H14N4S2. The van der Waals surface area contributed by atoms with Crippen LogP contribution in [-0.4, -0.2) is 15.8 Å². The van der Waals surface area contributed by atoms with Crippen LogP contribution in [0.4, 0.5) is 5.69 Å². The van der Waals surface area contributed by atoms with Crippen molar-refractivity contribution in [3.63, 3.8) is 0 Å². The van der Waals surface area contributed by atoms with Gasteiger partial charge in [-0.25, -0.2) is 4.98 Å². The molecule has 3 rings (SSSR count). The van der Waals surface area contributed by atoms with Gasteiger partial charge in [-0.3, -0.25) is 0 Å². The Morgan fingerprint density at radius 1 is 1.43 bits per heavy atom. The van der Waals surface area contributed by atoms with E-state index in [1.165, 1.54) is 4.70 Å². The van der Waals surface area contributed by atoms with Gasteiger partial charge in [-0.2, -0.15) is 5.26 Å². The molecule has 4 nitrogen and oxygen atoms in total. The molecule has 0 aliphatic rings. The first-order valence-electron chi connectivity index (χ1n) is 6.43. The number of aromatic nitrogens is 2. The van der Waals surface area contributed by atoms with Gasteiger partial charge in [0.2, 0.25) is 0 Å². The molecule has 1 N–H and O–H groups in total. The Hall–Kier alpha value is -1.97. The molecule has 2 heterocycles. The quantitative estimate of drug-likeness (QED) is 0.743. The van der Waals surface area contributed by atoms with Crippen LogP contribution < -0.4 is 5.32 Å². The molecule has 0 saturated carbocycles. The van der Waals surface area contributed by atoms with Crippen molar-refractivity contribution in [2.24, 2.45) is 7.05 Å². The highest BCUT2D eigenvalue weighted by atomic mass is 32.2. The molecule has 0 unspecified atom stereocenters. The molecule has 0 amide bonds. The van der Waals surface area contributed by atoms with Gasteiger partial charge in [-0.15, -0.1) is 11.3 Å². The van der Waals surface area contributed by atoms with Crippen molar-refractivity contribution < 1.29 is 0 Å². The molecule has 2 aromatic heterocycles. The van der Waals surface area contributed by atoms with Crippen LogP contribution in [0.15, 0.2) is 34.8 Å². The Morgan fingerprint density at radius 3 is 3.00 bits per heavy atom. The minimum absolute atomic E-state index is 0.675. The van der Waals surface area contributed by atoms with Crippen LogP contribution >= 0.6 is 23.1 Å². The molecule has 21 heavy (non-hydrogen) atoms. The van der Waals surface area contributed by atoms with Crippen molar-refractivity contribution in [1.29, 1.82) is 5.26 Å². The van der Waals surface area contributed by atoms with Gasteiger partial charge in [0.1, 0.15) is 11.8 Å². The summed E-state index contributed by atoms with van der Waals surface area (Å²) in [5.41, 5.74) is 3.89. The summed E-state index contributed by atoms with van der Waals surface area (Å²) in [5.74, 6) is 0. The molecule has 0 aliphatic carbocycles. The second-order valence-corrected chi connectivity index (χ2v) is 6.76. The van der Waals surface area contributed by atoms with Gasteiger partial charge in [0.25, 0.3) is 0 Å². The number of thioether (sulfide) groups is 1. The van der Waals surface area contributed by atoms with E-state index in [4.69, 9.17) is 5.26 Å². The minimum Gasteiger partial charge on any atom is -0.381 e. The molecule has 0 atom stereocenters. The van der Waals surface area contributed by atoms with Crippen molar-refractivity contribution >= 4 is 39.0 Å². The third-order valence-corrected chi connectivity index (χ3v) is 5.22. The van der Waals surface area contributed by atoms with E-state index in [2.05, 4.69) is 22.4 Å². The average Bonchev–Trinajstić information content (AvgIpc) is 3.07. The zero-order valence-electron chi connectivity index (χ0n) is 11.8. The highest BCUT2D eigenvalue weighted by Gasteiger charge is 2.05. The minimum atomic E-state index is 0.675. The molecule has 0 fully saturated rings. The molecule has 0 bridgehead atoms. The third kappa shape index (κ3) is 2.89. The molecule has 1 aromatic carbocycles. The van der Waals surface area contributed by atoms with E-state index in [0.29, 0.717) is 12.2 Å². The largest absolute Gasteiger partial charge is 0.381 e. The summed E-state index contributed by atoms with van der Waals surface area (Å²) in [7, 11) is 1.88. The van der Waals surface area contributed by atoms with Gasteiger partial charge in [-0.1, -0.05) is 11.8 Å². The van der Waals surface area contributed by atoms with Crippen LogP contribution in [0.1, 0.15) is 11.3 Å². The fraction of sp³-hybridized carbons (Fsp3) is 0.200. The summed E-state index contributed by atoms with van der Waals surface area (Å²) in [4.78, 5) is 4.53. The fourth-order valence-electron chi connectivity index (χ4n) is 2.15. The number of anilines is 1. The van der Waals surface area contributed by atoms with Crippen LogP contribution in [0.25, 0.3) is 10.2 Å². The van der Waals surface area contributed by atoms with Crippen LogP contribution in [0.3, 0.4) is 0 Å². The molecule has 0 saturated heterocycles. The first kappa shape index (κ1) is 14.0. The van der Waals surface area contributed by atoms with Gasteiger partial charge < -0.3 is 9.88 Å². The summed E-state index contributed by atoms with van der Waals surface area (Å²) in [6, 6.07) is 10.3. The first-order valence-corrected chi connectivity index (χ1v) is 8.47. The van der Waals surface area contributed by atoms with Crippen molar-refractivity contribution in [3.8, 4) is 6.07 Å². The van der Waals surface area contributed by atoms with E-state index in [0.717, 1.165) is 21.1 Å². The van der Waals surface area contributed by atoms with Gasteiger partial charge in [0.05, 0.1) is 10.2 Å². The molecular weight excluding hydrogens is 300 g/mol. The highest BCUT2D eigenvalue weighted by Crippen LogP contribution is 2.30. The van der Waals surface area contributed by atoms with Gasteiger partial charge in [-0.05, 0) is 36.1 Å². The Morgan fingerprint density at radius 2 is 2.29 bits per heavy atom. The number of fused-ring (bicyclic) bond motifs is 1. The van der Waals surface area contributed by atoms with Gasteiger partial charge >= 0.3 is 0 Å². The lowest BCUT2D eigenvalue weighted by Crippen LogP contribution is -1.97. The van der Waals surface area contributed by atoms with E-state index in [1.807, 2.05) is 42.3 Å². The monoisotopic (exact) mass is 314 g/mol. The van der Waals surface area contributed by atoms with E-state index >= 15 is 0 Å². The Labute approximate surface area is 131 Å². The maximum absolute atomic E-state index is 8.96. The lowest BCUT2D eigenvalue weighted by atomic mass is 10.2. The van der Waals surface area contributed by atoms with E-state index in [-0.39, 0.29) is 0 Å². The smallest absolute Gasteiger partial charge is 0.150 e. The summed E-state index contributed by atoms with van der Waals surface area (Å²) in [5, 5.41) is 12.4. The number of hydrogen-bond donors (Lipinski definition) is 1. The van der Waals surface area contributed by atoms with Gasteiger partial charge in [0, 0.05) is 25.5 Å². The van der Waals surface area contributed by atoms with Crippen LogP contribution in [0.2, 0.25) is 0 Å². The average molecular weight is 314 g/mol. The maximum Gasteiger partial charge on any atom is 0.150 e. The number of rotatable bonds is 4.